The molecular weight excluding hydrogens is 114 g/mol. The molecule has 1 rings (SSSR count). The van der Waals surface area contributed by atoms with Gasteiger partial charge in [0, 0.05) is 12.1 Å². The standard InChI is InChI=1S/C7H15NO/c1-5(2)8-6-3-7(9)4-6/h5-9H,3-4H2,1-2H3/t6-,7+. The van der Waals surface area contributed by atoms with Crippen molar-refractivity contribution in [2.24, 2.45) is 0 Å². The summed E-state index contributed by atoms with van der Waals surface area (Å²) in [6.07, 6.45) is 1.86. The molecule has 0 spiro atoms. The van der Waals surface area contributed by atoms with E-state index in [4.69, 9.17) is 5.11 Å². The Morgan fingerprint density at radius 3 is 2.33 bits per heavy atom. The van der Waals surface area contributed by atoms with Gasteiger partial charge < -0.3 is 10.4 Å². The van der Waals surface area contributed by atoms with Crippen molar-refractivity contribution in [3.63, 3.8) is 0 Å². The molecule has 1 aliphatic rings. The van der Waals surface area contributed by atoms with Crippen LogP contribution in [0.4, 0.5) is 0 Å². The van der Waals surface area contributed by atoms with Crippen molar-refractivity contribution in [3.8, 4) is 0 Å². The lowest BCUT2D eigenvalue weighted by atomic mass is 9.89. The summed E-state index contributed by atoms with van der Waals surface area (Å²) in [5, 5.41) is 12.2. The van der Waals surface area contributed by atoms with Crippen molar-refractivity contribution in [2.75, 3.05) is 0 Å². The van der Waals surface area contributed by atoms with Crippen LogP contribution in [0.25, 0.3) is 0 Å². The highest BCUT2D eigenvalue weighted by Crippen LogP contribution is 2.19. The number of nitrogens with one attached hydrogen (secondary N) is 1. The van der Waals surface area contributed by atoms with Crippen LogP contribution in [0.3, 0.4) is 0 Å². The minimum Gasteiger partial charge on any atom is -0.393 e. The van der Waals surface area contributed by atoms with Crippen LogP contribution in [0.2, 0.25) is 0 Å². The van der Waals surface area contributed by atoms with E-state index >= 15 is 0 Å². The van der Waals surface area contributed by atoms with Gasteiger partial charge in [-0.1, -0.05) is 13.8 Å². The summed E-state index contributed by atoms with van der Waals surface area (Å²) in [4.78, 5) is 0. The van der Waals surface area contributed by atoms with E-state index in [1.54, 1.807) is 0 Å². The predicted octanol–water partition coefficient (Wildman–Crippen LogP) is 0.508. The van der Waals surface area contributed by atoms with Crippen molar-refractivity contribution in [2.45, 2.75) is 44.9 Å². The van der Waals surface area contributed by atoms with E-state index < -0.39 is 0 Å². The average molecular weight is 129 g/mol. The van der Waals surface area contributed by atoms with Gasteiger partial charge in [-0.25, -0.2) is 0 Å². The van der Waals surface area contributed by atoms with E-state index in [1.807, 2.05) is 0 Å². The van der Waals surface area contributed by atoms with Crippen molar-refractivity contribution >= 4 is 0 Å². The summed E-state index contributed by atoms with van der Waals surface area (Å²) >= 11 is 0. The highest BCUT2D eigenvalue weighted by Gasteiger charge is 2.26. The minimum absolute atomic E-state index is 0.0266. The Balaban J connectivity index is 2.04. The monoisotopic (exact) mass is 129 g/mol. The minimum atomic E-state index is -0.0266. The third-order valence-corrected chi connectivity index (χ3v) is 1.68. The lowest BCUT2D eigenvalue weighted by molar-refractivity contribution is 0.0595. The third-order valence-electron chi connectivity index (χ3n) is 1.68. The van der Waals surface area contributed by atoms with Gasteiger partial charge in [-0.05, 0) is 12.8 Å². The van der Waals surface area contributed by atoms with E-state index in [2.05, 4.69) is 19.2 Å². The van der Waals surface area contributed by atoms with Gasteiger partial charge >= 0.3 is 0 Å². The largest absolute Gasteiger partial charge is 0.393 e. The molecule has 0 amide bonds. The second kappa shape index (κ2) is 2.67. The summed E-state index contributed by atoms with van der Waals surface area (Å²) in [5.41, 5.74) is 0. The van der Waals surface area contributed by atoms with Crippen LogP contribution in [0.15, 0.2) is 0 Å². The Kier molecular flexibility index (Phi) is 2.09. The molecule has 1 fully saturated rings. The van der Waals surface area contributed by atoms with Crippen LogP contribution in [-0.4, -0.2) is 23.3 Å². The van der Waals surface area contributed by atoms with Crippen molar-refractivity contribution in [1.29, 1.82) is 0 Å². The summed E-state index contributed by atoms with van der Waals surface area (Å²) in [6, 6.07) is 1.14. The van der Waals surface area contributed by atoms with Gasteiger partial charge in [0.1, 0.15) is 0 Å². The molecule has 0 heterocycles. The second-order valence-electron chi connectivity index (χ2n) is 3.14. The first-order valence-corrected chi connectivity index (χ1v) is 3.62. The molecule has 0 bridgehead atoms. The molecule has 0 unspecified atom stereocenters. The van der Waals surface area contributed by atoms with Crippen LogP contribution in [0, 0.1) is 0 Å². The molecule has 2 heteroatoms. The molecule has 2 N–H and O–H groups in total. The fourth-order valence-corrected chi connectivity index (χ4v) is 1.20. The SMILES string of the molecule is CC(C)N[C@H]1C[C@@H](O)C1. The van der Waals surface area contributed by atoms with Crippen molar-refractivity contribution in [3.05, 3.63) is 0 Å². The zero-order valence-corrected chi connectivity index (χ0v) is 6.09. The molecule has 0 saturated heterocycles. The van der Waals surface area contributed by atoms with E-state index in [0.29, 0.717) is 12.1 Å². The number of rotatable bonds is 2. The Bertz CT molecular complexity index is 86.9. The Labute approximate surface area is 56.3 Å². The maximum absolute atomic E-state index is 8.89. The molecule has 0 aromatic heterocycles. The highest BCUT2D eigenvalue weighted by molar-refractivity contribution is 4.85. The molecule has 1 saturated carbocycles. The number of hydrogen-bond acceptors (Lipinski definition) is 2. The van der Waals surface area contributed by atoms with E-state index in [0.717, 1.165) is 12.8 Å². The van der Waals surface area contributed by atoms with E-state index in [9.17, 15) is 0 Å². The van der Waals surface area contributed by atoms with Crippen LogP contribution in [-0.2, 0) is 0 Å². The van der Waals surface area contributed by atoms with Crippen LogP contribution < -0.4 is 5.32 Å². The van der Waals surface area contributed by atoms with Gasteiger partial charge in [0.15, 0.2) is 0 Å². The quantitative estimate of drug-likeness (QED) is 0.569. The first kappa shape index (κ1) is 7.03. The Hall–Kier alpha value is -0.0800. The summed E-state index contributed by atoms with van der Waals surface area (Å²) < 4.78 is 0. The number of hydrogen-bond donors (Lipinski definition) is 2. The fourth-order valence-electron chi connectivity index (χ4n) is 1.20. The Morgan fingerprint density at radius 1 is 1.44 bits per heavy atom. The average Bonchev–Trinajstić information content (AvgIpc) is 1.60. The lowest BCUT2D eigenvalue weighted by Gasteiger charge is -2.33. The lowest BCUT2D eigenvalue weighted by Crippen LogP contribution is -2.46. The smallest absolute Gasteiger partial charge is 0.0570 e. The molecule has 0 aromatic carbocycles. The number of aliphatic hydroxyl groups excluding tert-OH is 1. The Morgan fingerprint density at radius 2 is 2.00 bits per heavy atom. The predicted molar refractivity (Wildman–Crippen MR) is 37.3 cm³/mol. The summed E-state index contributed by atoms with van der Waals surface area (Å²) in [6.45, 7) is 4.26. The summed E-state index contributed by atoms with van der Waals surface area (Å²) in [7, 11) is 0. The molecule has 0 aromatic rings. The second-order valence-corrected chi connectivity index (χ2v) is 3.14. The van der Waals surface area contributed by atoms with Crippen molar-refractivity contribution < 1.29 is 5.11 Å². The fraction of sp³-hybridized carbons (Fsp3) is 1.00. The highest BCUT2D eigenvalue weighted by atomic mass is 16.3. The molecule has 0 aliphatic heterocycles. The molecule has 54 valence electrons. The maximum atomic E-state index is 8.89. The van der Waals surface area contributed by atoms with Gasteiger partial charge in [-0.2, -0.15) is 0 Å². The van der Waals surface area contributed by atoms with Crippen LogP contribution in [0.5, 0.6) is 0 Å². The molecule has 2 nitrogen and oxygen atoms in total. The molecular formula is C7H15NO. The van der Waals surface area contributed by atoms with Crippen LogP contribution in [0.1, 0.15) is 26.7 Å². The van der Waals surface area contributed by atoms with Gasteiger partial charge in [0.2, 0.25) is 0 Å². The van der Waals surface area contributed by atoms with Crippen molar-refractivity contribution in [1.82, 2.24) is 5.32 Å². The zero-order valence-electron chi connectivity index (χ0n) is 6.09. The van der Waals surface area contributed by atoms with Gasteiger partial charge in [0.25, 0.3) is 0 Å². The molecule has 0 atom stereocenters. The van der Waals surface area contributed by atoms with E-state index in [-0.39, 0.29) is 6.10 Å². The maximum Gasteiger partial charge on any atom is 0.0570 e. The van der Waals surface area contributed by atoms with Gasteiger partial charge in [-0.15, -0.1) is 0 Å². The topological polar surface area (TPSA) is 32.3 Å². The van der Waals surface area contributed by atoms with Crippen LogP contribution >= 0.6 is 0 Å². The molecule has 1 aliphatic carbocycles. The molecule has 9 heavy (non-hydrogen) atoms. The zero-order chi connectivity index (χ0) is 6.85. The summed E-state index contributed by atoms with van der Waals surface area (Å²) in [5.74, 6) is 0. The molecule has 0 radical (unpaired) electrons. The van der Waals surface area contributed by atoms with Gasteiger partial charge in [-0.3, -0.25) is 0 Å². The number of aliphatic hydroxyl groups is 1. The third kappa shape index (κ3) is 1.95. The first-order valence-electron chi connectivity index (χ1n) is 3.62. The normalized spacial score (nSPS) is 34.7. The first-order chi connectivity index (χ1) is 4.18. The van der Waals surface area contributed by atoms with E-state index in [1.165, 1.54) is 0 Å². The van der Waals surface area contributed by atoms with Gasteiger partial charge in [0.05, 0.1) is 6.10 Å².